The summed E-state index contributed by atoms with van der Waals surface area (Å²) in [4.78, 5) is 13.4. The first-order chi connectivity index (χ1) is 8.47. The molecule has 0 aliphatic rings. The van der Waals surface area contributed by atoms with Crippen LogP contribution in [0.2, 0.25) is 0 Å². The van der Waals surface area contributed by atoms with Gasteiger partial charge in [0.25, 0.3) is 0 Å². The highest BCUT2D eigenvalue weighted by atomic mass is 16.3. The van der Waals surface area contributed by atoms with E-state index >= 15 is 0 Å². The van der Waals surface area contributed by atoms with E-state index < -0.39 is 0 Å². The quantitative estimate of drug-likeness (QED) is 0.802. The summed E-state index contributed by atoms with van der Waals surface area (Å²) in [7, 11) is 3.75. The van der Waals surface area contributed by atoms with Crippen LogP contribution in [0.25, 0.3) is 0 Å². The molecule has 1 atom stereocenters. The average molecular weight is 250 g/mol. The maximum absolute atomic E-state index is 11.5. The summed E-state index contributed by atoms with van der Waals surface area (Å²) < 4.78 is 0. The molecular weight excluding hydrogens is 228 g/mol. The highest BCUT2D eigenvalue weighted by Crippen LogP contribution is 2.11. The van der Waals surface area contributed by atoms with E-state index in [-0.39, 0.29) is 17.7 Å². The third-order valence-corrected chi connectivity index (χ3v) is 2.67. The average Bonchev–Trinajstić information content (AvgIpc) is 2.27. The van der Waals surface area contributed by atoms with E-state index in [0.717, 1.165) is 12.8 Å². The van der Waals surface area contributed by atoms with Gasteiger partial charge in [-0.3, -0.25) is 4.79 Å². The molecule has 0 saturated carbocycles. The molecule has 0 radical (unpaired) electrons. The SMILES string of the molecule is C[C@@H](CCc1ccc(O)cc1)NC(=O)CN(C)C. The molecule has 0 aromatic heterocycles. The molecule has 0 heterocycles. The highest BCUT2D eigenvalue weighted by molar-refractivity contribution is 5.78. The number of phenolic OH excluding ortho intramolecular Hbond substituents is 1. The minimum Gasteiger partial charge on any atom is -0.508 e. The Kier molecular flexibility index (Phi) is 5.65. The number of hydrogen-bond acceptors (Lipinski definition) is 3. The first kappa shape index (κ1) is 14.5. The van der Waals surface area contributed by atoms with Crippen LogP contribution in [0.3, 0.4) is 0 Å². The fourth-order valence-electron chi connectivity index (χ4n) is 1.73. The van der Waals surface area contributed by atoms with Crippen LogP contribution in [-0.2, 0) is 11.2 Å². The van der Waals surface area contributed by atoms with Gasteiger partial charge in [-0.25, -0.2) is 0 Å². The predicted molar refractivity (Wildman–Crippen MR) is 72.6 cm³/mol. The molecule has 18 heavy (non-hydrogen) atoms. The number of nitrogens with zero attached hydrogens (tertiary/aromatic N) is 1. The largest absolute Gasteiger partial charge is 0.508 e. The van der Waals surface area contributed by atoms with Crippen LogP contribution in [0, 0.1) is 0 Å². The van der Waals surface area contributed by atoms with Crippen molar-refractivity contribution in [2.24, 2.45) is 0 Å². The van der Waals surface area contributed by atoms with E-state index in [2.05, 4.69) is 5.32 Å². The molecule has 4 heteroatoms. The third-order valence-electron chi connectivity index (χ3n) is 2.67. The van der Waals surface area contributed by atoms with Crippen LogP contribution in [0.4, 0.5) is 0 Å². The Balaban J connectivity index is 2.30. The fourth-order valence-corrected chi connectivity index (χ4v) is 1.73. The van der Waals surface area contributed by atoms with Gasteiger partial charge in [-0.15, -0.1) is 0 Å². The third kappa shape index (κ3) is 5.68. The van der Waals surface area contributed by atoms with E-state index in [9.17, 15) is 9.90 Å². The molecule has 0 saturated heterocycles. The Hall–Kier alpha value is -1.55. The lowest BCUT2D eigenvalue weighted by molar-refractivity contribution is -0.122. The Labute approximate surface area is 109 Å². The summed E-state index contributed by atoms with van der Waals surface area (Å²) in [6.07, 6.45) is 1.79. The summed E-state index contributed by atoms with van der Waals surface area (Å²) >= 11 is 0. The van der Waals surface area contributed by atoms with Gasteiger partial charge in [0, 0.05) is 6.04 Å². The van der Waals surface area contributed by atoms with Gasteiger partial charge in [-0.05, 0) is 51.6 Å². The van der Waals surface area contributed by atoms with Crippen molar-refractivity contribution in [2.75, 3.05) is 20.6 Å². The van der Waals surface area contributed by atoms with E-state index in [1.807, 2.05) is 38.1 Å². The Bertz CT molecular complexity index is 374. The minimum absolute atomic E-state index is 0.0539. The number of hydrogen-bond donors (Lipinski definition) is 2. The zero-order chi connectivity index (χ0) is 13.5. The van der Waals surface area contributed by atoms with Gasteiger partial charge >= 0.3 is 0 Å². The van der Waals surface area contributed by atoms with Crippen LogP contribution >= 0.6 is 0 Å². The lowest BCUT2D eigenvalue weighted by Gasteiger charge is -2.16. The molecule has 4 nitrogen and oxygen atoms in total. The van der Waals surface area contributed by atoms with Crippen LogP contribution in [0.1, 0.15) is 18.9 Å². The highest BCUT2D eigenvalue weighted by Gasteiger charge is 2.08. The summed E-state index contributed by atoms with van der Waals surface area (Å²) in [6, 6.07) is 7.34. The van der Waals surface area contributed by atoms with E-state index in [4.69, 9.17) is 0 Å². The molecule has 0 aliphatic carbocycles. The number of amides is 1. The Morgan fingerprint density at radius 1 is 1.33 bits per heavy atom. The molecular formula is C14H22N2O2. The van der Waals surface area contributed by atoms with Crippen molar-refractivity contribution in [3.8, 4) is 5.75 Å². The standard InChI is InChI=1S/C14H22N2O2/c1-11(15-14(18)10-16(2)3)4-5-12-6-8-13(17)9-7-12/h6-9,11,17H,4-5,10H2,1-3H3,(H,15,18)/t11-/m0/s1. The van der Waals surface area contributed by atoms with Gasteiger partial charge in [-0.2, -0.15) is 0 Å². The first-order valence-electron chi connectivity index (χ1n) is 6.19. The lowest BCUT2D eigenvalue weighted by atomic mass is 10.1. The van der Waals surface area contributed by atoms with Crippen LogP contribution in [0.5, 0.6) is 5.75 Å². The second-order valence-electron chi connectivity index (χ2n) is 4.91. The molecule has 1 aromatic rings. The topological polar surface area (TPSA) is 52.6 Å². The van der Waals surface area contributed by atoms with Crippen molar-refractivity contribution in [3.63, 3.8) is 0 Å². The minimum atomic E-state index is 0.0539. The number of likely N-dealkylation sites (N-methyl/N-ethyl adjacent to an activating group) is 1. The summed E-state index contributed by atoms with van der Waals surface area (Å²) in [5.41, 5.74) is 1.17. The van der Waals surface area contributed by atoms with Gasteiger partial charge in [0.15, 0.2) is 0 Å². The number of benzene rings is 1. The number of carbonyl (C=O) groups is 1. The van der Waals surface area contributed by atoms with Gasteiger partial charge in [-0.1, -0.05) is 12.1 Å². The van der Waals surface area contributed by atoms with E-state index in [0.29, 0.717) is 6.54 Å². The molecule has 0 aliphatic heterocycles. The molecule has 0 bridgehead atoms. The first-order valence-corrected chi connectivity index (χ1v) is 6.19. The Morgan fingerprint density at radius 3 is 2.50 bits per heavy atom. The van der Waals surface area contributed by atoms with Gasteiger partial charge in [0.05, 0.1) is 6.54 Å². The van der Waals surface area contributed by atoms with Crippen molar-refractivity contribution >= 4 is 5.91 Å². The molecule has 1 rings (SSSR count). The molecule has 0 spiro atoms. The van der Waals surface area contributed by atoms with Crippen molar-refractivity contribution < 1.29 is 9.90 Å². The smallest absolute Gasteiger partial charge is 0.234 e. The van der Waals surface area contributed by atoms with E-state index in [1.165, 1.54) is 5.56 Å². The van der Waals surface area contributed by atoms with Gasteiger partial charge in [0.2, 0.25) is 5.91 Å². The Morgan fingerprint density at radius 2 is 1.94 bits per heavy atom. The van der Waals surface area contributed by atoms with Gasteiger partial charge in [0.1, 0.15) is 5.75 Å². The lowest BCUT2D eigenvalue weighted by Crippen LogP contribution is -2.38. The summed E-state index contributed by atoms with van der Waals surface area (Å²) in [5, 5.41) is 12.1. The second-order valence-corrected chi connectivity index (χ2v) is 4.91. The molecule has 1 aromatic carbocycles. The van der Waals surface area contributed by atoms with Gasteiger partial charge < -0.3 is 15.3 Å². The maximum atomic E-state index is 11.5. The van der Waals surface area contributed by atoms with Crippen LogP contribution < -0.4 is 5.32 Å². The molecule has 0 unspecified atom stereocenters. The molecule has 0 fully saturated rings. The number of carbonyl (C=O) groups excluding carboxylic acids is 1. The predicted octanol–water partition coefficient (Wildman–Crippen LogP) is 1.39. The van der Waals surface area contributed by atoms with E-state index in [1.54, 1.807) is 12.1 Å². The maximum Gasteiger partial charge on any atom is 0.234 e. The van der Waals surface area contributed by atoms with Crippen LogP contribution in [0.15, 0.2) is 24.3 Å². The number of aromatic hydroxyl groups is 1. The summed E-state index contributed by atoms with van der Waals surface area (Å²) in [6.45, 7) is 2.43. The fraction of sp³-hybridized carbons (Fsp3) is 0.500. The van der Waals surface area contributed by atoms with Crippen LogP contribution in [-0.4, -0.2) is 42.6 Å². The molecule has 2 N–H and O–H groups in total. The monoisotopic (exact) mass is 250 g/mol. The zero-order valence-corrected chi connectivity index (χ0v) is 11.3. The number of phenols is 1. The van der Waals surface area contributed by atoms with Crippen molar-refractivity contribution in [1.29, 1.82) is 0 Å². The zero-order valence-electron chi connectivity index (χ0n) is 11.3. The number of aryl methyl sites for hydroxylation is 1. The second kappa shape index (κ2) is 7.01. The number of rotatable bonds is 6. The van der Waals surface area contributed by atoms with Crippen molar-refractivity contribution in [1.82, 2.24) is 10.2 Å². The van der Waals surface area contributed by atoms with Crippen molar-refractivity contribution in [3.05, 3.63) is 29.8 Å². The molecule has 1 amide bonds. The summed E-state index contributed by atoms with van der Waals surface area (Å²) in [5.74, 6) is 0.337. The normalized spacial score (nSPS) is 12.4. The molecule has 100 valence electrons. The number of nitrogens with one attached hydrogen (secondary N) is 1. The van der Waals surface area contributed by atoms with Crippen molar-refractivity contribution in [2.45, 2.75) is 25.8 Å².